The molecule has 0 fully saturated rings. The van der Waals surface area contributed by atoms with Crippen molar-refractivity contribution in [1.82, 2.24) is 0 Å². The van der Waals surface area contributed by atoms with Crippen LogP contribution in [0, 0.1) is 47.4 Å². The molecule has 6 N–H and O–H groups in total. The largest absolute Gasteiger partial charge is 0.320 e. The molecule has 3 nitrogen and oxygen atoms in total. The van der Waals surface area contributed by atoms with Crippen LogP contribution in [0.4, 0.5) is 0 Å². The van der Waals surface area contributed by atoms with Crippen LogP contribution in [-0.4, -0.2) is 19.6 Å². The van der Waals surface area contributed by atoms with Crippen molar-refractivity contribution < 1.29 is 0 Å². The molecule has 0 bridgehead atoms. The zero-order chi connectivity index (χ0) is 24.2. The predicted octanol–water partition coefficient (Wildman–Crippen LogP) is 3.71. The highest BCUT2D eigenvalue weighted by Gasteiger charge is 2.06. The summed E-state index contributed by atoms with van der Waals surface area (Å²) in [5.41, 5.74) is 24.5. The molecule has 0 aromatic heterocycles. The van der Waals surface area contributed by atoms with E-state index in [9.17, 15) is 0 Å². The molecule has 3 rings (SSSR count). The lowest BCUT2D eigenvalue weighted by Crippen LogP contribution is -1.94. The van der Waals surface area contributed by atoms with E-state index in [0.717, 1.165) is 50.9 Å². The maximum Gasteiger partial charge on any atom is 0.0555 e. The zero-order valence-corrected chi connectivity index (χ0v) is 19.3. The summed E-state index contributed by atoms with van der Waals surface area (Å²) in [6, 6.07) is 20.6. The lowest BCUT2D eigenvalue weighted by molar-refractivity contribution is 1.28. The molecule has 0 aliphatic heterocycles. The fourth-order valence-corrected chi connectivity index (χ4v) is 3.41. The van der Waals surface area contributed by atoms with Gasteiger partial charge in [-0.3, -0.25) is 0 Å². The summed E-state index contributed by atoms with van der Waals surface area (Å²) < 4.78 is 0. The first-order chi connectivity index (χ1) is 16.7. The highest BCUT2D eigenvalue weighted by atomic mass is 14.5. The minimum atomic E-state index is 0.302. The summed E-state index contributed by atoms with van der Waals surface area (Å²) in [6.45, 7) is 2.95. The summed E-state index contributed by atoms with van der Waals surface area (Å²) in [5.74, 6) is 24.5. The van der Waals surface area contributed by atoms with E-state index in [4.69, 9.17) is 17.2 Å². The number of hydrogen-bond acceptors (Lipinski definition) is 3. The highest BCUT2D eigenvalue weighted by molar-refractivity contribution is 5.76. The standard InChI is InChI=1S/C31H27N3/c1-2-3-8-24-17-25(9-5-14-32)20-30(19-24)28-12-4-13-29(23-28)31-21-26(10-6-15-33)18-27(22-31)11-7-16-34/h4,12-13,17-23H,2,14-16,32-34H2,1H3. The molecule has 0 unspecified atom stereocenters. The first-order valence-electron chi connectivity index (χ1n) is 11.1. The van der Waals surface area contributed by atoms with Gasteiger partial charge in [0.2, 0.25) is 0 Å². The number of benzene rings is 3. The normalized spacial score (nSPS) is 9.29. The lowest BCUT2D eigenvalue weighted by atomic mass is 9.95. The first kappa shape index (κ1) is 24.4. The third kappa shape index (κ3) is 6.89. The molecule has 0 aliphatic rings. The van der Waals surface area contributed by atoms with Gasteiger partial charge in [-0.2, -0.15) is 0 Å². The maximum atomic E-state index is 5.58. The summed E-state index contributed by atoms with van der Waals surface area (Å²) >= 11 is 0. The second-order valence-electron chi connectivity index (χ2n) is 7.35. The Balaban J connectivity index is 2.12. The van der Waals surface area contributed by atoms with Crippen LogP contribution >= 0.6 is 0 Å². The van der Waals surface area contributed by atoms with Gasteiger partial charge in [-0.1, -0.05) is 72.5 Å². The monoisotopic (exact) mass is 441 g/mol. The fourth-order valence-electron chi connectivity index (χ4n) is 3.41. The van der Waals surface area contributed by atoms with Gasteiger partial charge >= 0.3 is 0 Å². The minimum absolute atomic E-state index is 0.302. The van der Waals surface area contributed by atoms with Gasteiger partial charge in [0.25, 0.3) is 0 Å². The summed E-state index contributed by atoms with van der Waals surface area (Å²) in [5, 5.41) is 0. The van der Waals surface area contributed by atoms with E-state index in [0.29, 0.717) is 19.6 Å². The van der Waals surface area contributed by atoms with Gasteiger partial charge in [-0.05, 0) is 64.7 Å². The van der Waals surface area contributed by atoms with Gasteiger partial charge in [-0.25, -0.2) is 0 Å². The van der Waals surface area contributed by atoms with Crippen LogP contribution in [0.5, 0.6) is 0 Å². The Morgan fingerprint density at radius 1 is 0.500 bits per heavy atom. The molecular weight excluding hydrogens is 414 g/mol. The zero-order valence-electron chi connectivity index (χ0n) is 19.3. The molecule has 0 saturated carbocycles. The van der Waals surface area contributed by atoms with Crippen molar-refractivity contribution >= 4 is 0 Å². The lowest BCUT2D eigenvalue weighted by Gasteiger charge is -2.09. The Labute approximate surface area is 202 Å². The van der Waals surface area contributed by atoms with Crippen molar-refractivity contribution in [1.29, 1.82) is 0 Å². The SMILES string of the molecule is CCC#Cc1cc(C#CCN)cc(-c2cccc(-c3cc(C#CCN)cc(C#CCN)c3)c2)c1. The summed E-state index contributed by atoms with van der Waals surface area (Å²) in [4.78, 5) is 0. The fraction of sp³-hybridized carbons (Fsp3) is 0.161. The molecule has 166 valence electrons. The number of rotatable bonds is 2. The van der Waals surface area contributed by atoms with Crippen molar-refractivity contribution in [2.75, 3.05) is 19.6 Å². The van der Waals surface area contributed by atoms with E-state index in [-0.39, 0.29) is 0 Å². The Kier molecular flexibility index (Phi) is 9.14. The Morgan fingerprint density at radius 3 is 1.24 bits per heavy atom. The van der Waals surface area contributed by atoms with Gasteiger partial charge in [-0.15, -0.1) is 0 Å². The molecule has 0 spiro atoms. The third-order valence-electron chi connectivity index (χ3n) is 4.81. The number of nitrogens with two attached hydrogens (primary N) is 3. The first-order valence-corrected chi connectivity index (χ1v) is 11.1. The van der Waals surface area contributed by atoms with Crippen LogP contribution in [0.15, 0.2) is 60.7 Å². The van der Waals surface area contributed by atoms with Gasteiger partial charge in [0.05, 0.1) is 19.6 Å². The second kappa shape index (κ2) is 12.7. The molecule has 3 heteroatoms. The molecule has 3 aromatic carbocycles. The topological polar surface area (TPSA) is 78.1 Å². The van der Waals surface area contributed by atoms with Crippen molar-refractivity contribution in [3.05, 3.63) is 82.9 Å². The van der Waals surface area contributed by atoms with Gasteiger partial charge < -0.3 is 17.2 Å². The predicted molar refractivity (Wildman–Crippen MR) is 142 cm³/mol. The smallest absolute Gasteiger partial charge is 0.0555 e. The van der Waals surface area contributed by atoms with Gasteiger partial charge in [0.1, 0.15) is 0 Å². The molecule has 3 aromatic rings. The van der Waals surface area contributed by atoms with Crippen molar-refractivity contribution in [2.24, 2.45) is 17.2 Å². The average Bonchev–Trinajstić information content (AvgIpc) is 2.88. The third-order valence-corrected chi connectivity index (χ3v) is 4.81. The number of hydrogen-bond donors (Lipinski definition) is 3. The van der Waals surface area contributed by atoms with Crippen molar-refractivity contribution in [2.45, 2.75) is 13.3 Å². The van der Waals surface area contributed by atoms with Crippen molar-refractivity contribution in [3.8, 4) is 69.6 Å². The van der Waals surface area contributed by atoms with E-state index < -0.39 is 0 Å². The Hall–Kier alpha value is -4.22. The van der Waals surface area contributed by atoms with Crippen LogP contribution in [0.3, 0.4) is 0 Å². The molecule has 0 atom stereocenters. The van der Waals surface area contributed by atoms with Crippen molar-refractivity contribution in [3.63, 3.8) is 0 Å². The summed E-state index contributed by atoms with van der Waals surface area (Å²) in [6.07, 6.45) is 0.794. The minimum Gasteiger partial charge on any atom is -0.320 e. The molecule has 0 heterocycles. The molecule has 0 saturated heterocycles. The highest BCUT2D eigenvalue weighted by Crippen LogP contribution is 2.29. The second-order valence-corrected chi connectivity index (χ2v) is 7.35. The van der Waals surface area contributed by atoms with Crippen LogP contribution < -0.4 is 17.2 Å². The molecule has 34 heavy (non-hydrogen) atoms. The van der Waals surface area contributed by atoms with Gasteiger partial charge in [0, 0.05) is 28.7 Å². The molecular formula is C31H27N3. The maximum absolute atomic E-state index is 5.58. The molecule has 0 aliphatic carbocycles. The average molecular weight is 442 g/mol. The van der Waals surface area contributed by atoms with E-state index in [1.165, 1.54) is 0 Å². The molecule has 0 amide bonds. The van der Waals surface area contributed by atoms with Crippen LogP contribution in [0.2, 0.25) is 0 Å². The van der Waals surface area contributed by atoms with Crippen LogP contribution in [0.25, 0.3) is 22.3 Å². The quantitative estimate of drug-likeness (QED) is 0.531. The van der Waals surface area contributed by atoms with E-state index in [2.05, 4.69) is 89.8 Å². The summed E-state index contributed by atoms with van der Waals surface area (Å²) in [7, 11) is 0. The van der Waals surface area contributed by atoms with Crippen LogP contribution in [-0.2, 0) is 0 Å². The van der Waals surface area contributed by atoms with E-state index >= 15 is 0 Å². The van der Waals surface area contributed by atoms with Crippen LogP contribution in [0.1, 0.15) is 35.6 Å². The Bertz CT molecular complexity index is 1230. The molecule has 0 radical (unpaired) electrons. The van der Waals surface area contributed by atoms with Gasteiger partial charge in [0.15, 0.2) is 0 Å². The Morgan fingerprint density at radius 2 is 0.882 bits per heavy atom. The van der Waals surface area contributed by atoms with E-state index in [1.54, 1.807) is 0 Å². The van der Waals surface area contributed by atoms with E-state index in [1.807, 2.05) is 25.1 Å².